The maximum atomic E-state index is 13.4. The Balaban J connectivity index is 1.75. The molecule has 1 aliphatic rings. The average Bonchev–Trinajstić information content (AvgIpc) is 3.08. The fourth-order valence-corrected chi connectivity index (χ4v) is 5.16. The molecule has 0 unspecified atom stereocenters. The van der Waals surface area contributed by atoms with Crippen molar-refractivity contribution in [2.24, 2.45) is 0 Å². The van der Waals surface area contributed by atoms with Crippen LogP contribution in [-0.4, -0.2) is 23.4 Å². The summed E-state index contributed by atoms with van der Waals surface area (Å²) in [7, 11) is 0. The minimum atomic E-state index is -0.126. The van der Waals surface area contributed by atoms with E-state index in [1.165, 1.54) is 11.8 Å². The van der Waals surface area contributed by atoms with Crippen molar-refractivity contribution in [2.75, 3.05) is 18.1 Å². The third kappa shape index (κ3) is 4.68. The van der Waals surface area contributed by atoms with Gasteiger partial charge in [-0.25, -0.2) is 0 Å². The van der Waals surface area contributed by atoms with Gasteiger partial charge in [0.1, 0.15) is 0 Å². The minimum Gasteiger partial charge on any atom is -0.490 e. The largest absolute Gasteiger partial charge is 0.490 e. The zero-order valence-corrected chi connectivity index (χ0v) is 20.3. The van der Waals surface area contributed by atoms with E-state index in [2.05, 4.69) is 6.58 Å². The summed E-state index contributed by atoms with van der Waals surface area (Å²) in [5.41, 5.74) is 2.62. The predicted molar refractivity (Wildman–Crippen MR) is 142 cm³/mol. The van der Waals surface area contributed by atoms with Crippen molar-refractivity contribution in [1.29, 1.82) is 0 Å². The van der Waals surface area contributed by atoms with Gasteiger partial charge in [-0.2, -0.15) is 0 Å². The number of anilines is 1. The molecule has 0 aliphatic carbocycles. The van der Waals surface area contributed by atoms with E-state index in [4.69, 9.17) is 21.7 Å². The molecule has 3 aromatic carbocycles. The van der Waals surface area contributed by atoms with Gasteiger partial charge in [0.25, 0.3) is 5.91 Å². The summed E-state index contributed by atoms with van der Waals surface area (Å²) < 4.78 is 12.2. The molecule has 6 heteroatoms. The highest BCUT2D eigenvalue weighted by Gasteiger charge is 2.34. The Morgan fingerprint density at radius 1 is 1.06 bits per heavy atom. The van der Waals surface area contributed by atoms with Crippen LogP contribution in [0.25, 0.3) is 16.8 Å². The maximum Gasteiger partial charge on any atom is 0.270 e. The Kier molecular flexibility index (Phi) is 7.16. The van der Waals surface area contributed by atoms with Crippen molar-refractivity contribution in [3.05, 3.63) is 83.3 Å². The number of ether oxygens (including phenoxy) is 2. The van der Waals surface area contributed by atoms with Gasteiger partial charge in [0.15, 0.2) is 15.8 Å². The number of amides is 1. The molecular formula is C27H25NO3S2. The van der Waals surface area contributed by atoms with Crippen molar-refractivity contribution in [1.82, 2.24) is 0 Å². The number of hydrogen-bond donors (Lipinski definition) is 0. The lowest BCUT2D eigenvalue weighted by molar-refractivity contribution is -0.113. The molecule has 1 heterocycles. The normalized spacial score (nSPS) is 14.8. The highest BCUT2D eigenvalue weighted by molar-refractivity contribution is 8.27. The SMILES string of the molecule is C=CCc1cc(/C=C2\SC(=S)N(c3cccc4ccccc34)C2=O)cc(OCC)c1OCC. The third-order valence-corrected chi connectivity index (χ3v) is 6.51. The molecule has 1 aliphatic heterocycles. The molecule has 1 fully saturated rings. The second kappa shape index (κ2) is 10.2. The zero-order chi connectivity index (χ0) is 23.4. The van der Waals surface area contributed by atoms with Crippen LogP contribution in [0.4, 0.5) is 5.69 Å². The lowest BCUT2D eigenvalue weighted by Gasteiger charge is -2.17. The summed E-state index contributed by atoms with van der Waals surface area (Å²) in [6.07, 6.45) is 4.33. The lowest BCUT2D eigenvalue weighted by Crippen LogP contribution is -2.27. The first-order valence-corrected chi connectivity index (χ1v) is 12.1. The van der Waals surface area contributed by atoms with Gasteiger partial charge in [0.2, 0.25) is 0 Å². The molecule has 0 N–H and O–H groups in total. The van der Waals surface area contributed by atoms with Crippen LogP contribution in [0.5, 0.6) is 11.5 Å². The fraction of sp³-hybridized carbons (Fsp3) is 0.185. The van der Waals surface area contributed by atoms with Crippen LogP contribution in [0.15, 0.2) is 72.2 Å². The Hall–Kier alpha value is -3.09. The van der Waals surface area contributed by atoms with Gasteiger partial charge < -0.3 is 9.47 Å². The molecule has 1 amide bonds. The van der Waals surface area contributed by atoms with Gasteiger partial charge >= 0.3 is 0 Å². The van der Waals surface area contributed by atoms with Crippen molar-refractivity contribution in [2.45, 2.75) is 20.3 Å². The topological polar surface area (TPSA) is 38.8 Å². The molecule has 3 aromatic rings. The van der Waals surface area contributed by atoms with Crippen molar-refractivity contribution in [3.63, 3.8) is 0 Å². The number of hydrogen-bond acceptors (Lipinski definition) is 5. The molecule has 0 saturated carbocycles. The fourth-order valence-electron chi connectivity index (χ4n) is 3.87. The number of nitrogens with zero attached hydrogens (tertiary/aromatic N) is 1. The summed E-state index contributed by atoms with van der Waals surface area (Å²) in [5.74, 6) is 1.26. The molecule has 33 heavy (non-hydrogen) atoms. The number of thiocarbonyl (C=S) groups is 1. The van der Waals surface area contributed by atoms with Crippen molar-refractivity contribution in [3.8, 4) is 11.5 Å². The number of benzene rings is 3. The average molecular weight is 476 g/mol. The van der Waals surface area contributed by atoms with Gasteiger partial charge in [-0.1, -0.05) is 66.5 Å². The van der Waals surface area contributed by atoms with E-state index < -0.39 is 0 Å². The van der Waals surface area contributed by atoms with Crippen molar-refractivity contribution < 1.29 is 14.3 Å². The molecule has 0 spiro atoms. The van der Waals surface area contributed by atoms with Gasteiger partial charge in [0, 0.05) is 10.9 Å². The van der Waals surface area contributed by atoms with Gasteiger partial charge in [0.05, 0.1) is 23.8 Å². The van der Waals surface area contributed by atoms with E-state index in [1.54, 1.807) is 4.90 Å². The van der Waals surface area contributed by atoms with E-state index in [1.807, 2.05) is 80.6 Å². The Bertz CT molecular complexity index is 1260. The smallest absolute Gasteiger partial charge is 0.270 e. The van der Waals surface area contributed by atoms with E-state index in [-0.39, 0.29) is 5.91 Å². The minimum absolute atomic E-state index is 0.126. The predicted octanol–water partition coefficient (Wildman–Crippen LogP) is 6.77. The van der Waals surface area contributed by atoms with Crippen LogP contribution in [0.1, 0.15) is 25.0 Å². The zero-order valence-electron chi connectivity index (χ0n) is 18.7. The Morgan fingerprint density at radius 3 is 2.58 bits per heavy atom. The number of fused-ring (bicyclic) bond motifs is 1. The molecule has 0 atom stereocenters. The summed E-state index contributed by atoms with van der Waals surface area (Å²) in [5, 5.41) is 2.06. The second-order valence-corrected chi connectivity index (χ2v) is 9.06. The number of allylic oxidation sites excluding steroid dienone is 1. The second-order valence-electron chi connectivity index (χ2n) is 7.38. The highest BCUT2D eigenvalue weighted by Crippen LogP contribution is 2.40. The van der Waals surface area contributed by atoms with Gasteiger partial charge in [-0.05, 0) is 55.5 Å². The lowest BCUT2D eigenvalue weighted by atomic mass is 10.0. The summed E-state index contributed by atoms with van der Waals surface area (Å²) >= 11 is 6.92. The number of carbonyl (C=O) groups excluding carboxylic acids is 1. The van der Waals surface area contributed by atoms with Crippen LogP contribution < -0.4 is 14.4 Å². The quantitative estimate of drug-likeness (QED) is 0.204. The standard InChI is InChI=1S/C27H25NO3S2/c1-4-10-20-15-18(16-23(30-5-2)25(20)31-6-3)17-24-26(29)28(27(32)33-24)22-14-9-12-19-11-7-8-13-21(19)22/h4,7-9,11-17H,1,5-6,10H2,2-3H3/b24-17-. The molecule has 1 saturated heterocycles. The number of rotatable bonds is 8. The first-order chi connectivity index (χ1) is 16.1. The molecule has 4 rings (SSSR count). The van der Waals surface area contributed by atoms with Crippen LogP contribution in [0.3, 0.4) is 0 Å². The van der Waals surface area contributed by atoms with Gasteiger partial charge in [-0.15, -0.1) is 6.58 Å². The molecule has 0 radical (unpaired) electrons. The summed E-state index contributed by atoms with van der Waals surface area (Å²) in [6.45, 7) is 8.79. The maximum absolute atomic E-state index is 13.4. The van der Waals surface area contributed by atoms with Crippen molar-refractivity contribution >= 4 is 56.7 Å². The first-order valence-electron chi connectivity index (χ1n) is 10.9. The highest BCUT2D eigenvalue weighted by atomic mass is 32.2. The van der Waals surface area contributed by atoms with Gasteiger partial charge in [-0.3, -0.25) is 9.69 Å². The van der Waals surface area contributed by atoms with E-state index >= 15 is 0 Å². The molecule has 168 valence electrons. The molecular weight excluding hydrogens is 450 g/mol. The van der Waals surface area contributed by atoms with E-state index in [0.717, 1.165) is 33.3 Å². The third-order valence-electron chi connectivity index (χ3n) is 5.21. The van der Waals surface area contributed by atoms with Crippen LogP contribution in [0, 0.1) is 0 Å². The molecule has 0 bridgehead atoms. The Labute approximate surface area is 203 Å². The summed E-state index contributed by atoms with van der Waals surface area (Å²) in [6, 6.07) is 17.8. The molecule has 4 nitrogen and oxygen atoms in total. The number of thioether (sulfide) groups is 1. The van der Waals surface area contributed by atoms with Crippen LogP contribution >= 0.6 is 24.0 Å². The van der Waals surface area contributed by atoms with Crippen LogP contribution in [0.2, 0.25) is 0 Å². The monoisotopic (exact) mass is 475 g/mol. The Morgan fingerprint density at radius 2 is 1.82 bits per heavy atom. The van der Waals surface area contributed by atoms with E-state index in [9.17, 15) is 4.79 Å². The first kappa shape index (κ1) is 23.1. The molecule has 0 aromatic heterocycles. The number of carbonyl (C=O) groups is 1. The van der Waals surface area contributed by atoms with E-state index in [0.29, 0.717) is 34.6 Å². The van der Waals surface area contributed by atoms with Crippen LogP contribution in [-0.2, 0) is 11.2 Å². The summed E-state index contributed by atoms with van der Waals surface area (Å²) in [4.78, 5) is 15.6.